The van der Waals surface area contributed by atoms with Gasteiger partial charge >= 0.3 is 0 Å². The molecule has 0 saturated heterocycles. The van der Waals surface area contributed by atoms with E-state index in [-0.39, 0.29) is 11.6 Å². The second-order valence-corrected chi connectivity index (χ2v) is 6.88. The van der Waals surface area contributed by atoms with Crippen LogP contribution >= 0.6 is 15.9 Å². The molecule has 1 aromatic rings. The number of rotatable bonds is 7. The molecule has 0 heterocycles. The summed E-state index contributed by atoms with van der Waals surface area (Å²) in [7, 11) is 0. The number of nitrogens with zero attached hydrogens (tertiary/aromatic N) is 2. The molecular formula is C15H20BrN3O3. The van der Waals surface area contributed by atoms with Gasteiger partial charge in [-0.3, -0.25) is 19.8 Å². The van der Waals surface area contributed by atoms with Gasteiger partial charge in [0.1, 0.15) is 0 Å². The smallest absolute Gasteiger partial charge is 0.270 e. The van der Waals surface area contributed by atoms with Crippen LogP contribution in [0, 0.1) is 16.0 Å². The van der Waals surface area contributed by atoms with E-state index < -0.39 is 4.92 Å². The molecular weight excluding hydrogens is 350 g/mol. The molecule has 1 fully saturated rings. The van der Waals surface area contributed by atoms with Gasteiger partial charge in [-0.1, -0.05) is 13.8 Å². The van der Waals surface area contributed by atoms with Crippen molar-refractivity contribution in [2.75, 3.05) is 18.4 Å². The lowest BCUT2D eigenvalue weighted by molar-refractivity contribution is -0.384. The zero-order valence-electron chi connectivity index (χ0n) is 12.7. The van der Waals surface area contributed by atoms with Crippen molar-refractivity contribution >= 4 is 33.2 Å². The number of anilines is 1. The second kappa shape index (κ2) is 7.19. The summed E-state index contributed by atoms with van der Waals surface area (Å²) >= 11 is 3.26. The largest absolute Gasteiger partial charge is 0.324 e. The minimum Gasteiger partial charge on any atom is -0.324 e. The highest BCUT2D eigenvalue weighted by Gasteiger charge is 2.30. The maximum atomic E-state index is 12.2. The number of non-ortho nitro benzene ring substituents is 1. The van der Waals surface area contributed by atoms with Crippen molar-refractivity contribution < 1.29 is 9.72 Å². The number of nitro benzene ring substituents is 1. The van der Waals surface area contributed by atoms with Crippen molar-refractivity contribution in [1.82, 2.24) is 4.90 Å². The number of halogens is 1. The van der Waals surface area contributed by atoms with Gasteiger partial charge in [-0.15, -0.1) is 0 Å². The Labute approximate surface area is 138 Å². The standard InChI is InChI=1S/C15H20BrN3O3/c1-10(2)8-18(11-3-4-11)9-15(20)17-14-6-5-12(19(21)22)7-13(14)16/h5-7,10-11H,3-4,8-9H2,1-2H3,(H,17,20). The molecule has 0 unspecified atom stereocenters. The first-order valence-electron chi connectivity index (χ1n) is 7.34. The Morgan fingerprint density at radius 2 is 2.18 bits per heavy atom. The monoisotopic (exact) mass is 369 g/mol. The topological polar surface area (TPSA) is 75.5 Å². The maximum absolute atomic E-state index is 12.2. The van der Waals surface area contributed by atoms with Gasteiger partial charge in [0.25, 0.3) is 5.69 Å². The summed E-state index contributed by atoms with van der Waals surface area (Å²) in [6, 6.07) is 4.84. The summed E-state index contributed by atoms with van der Waals surface area (Å²) in [5.41, 5.74) is 0.542. The van der Waals surface area contributed by atoms with Crippen LogP contribution in [0.25, 0.3) is 0 Å². The third-order valence-corrected chi connectivity index (χ3v) is 4.10. The van der Waals surface area contributed by atoms with E-state index in [1.54, 1.807) is 6.07 Å². The Morgan fingerprint density at radius 3 is 2.68 bits per heavy atom. The zero-order valence-corrected chi connectivity index (χ0v) is 14.3. The molecule has 2 rings (SSSR count). The number of benzene rings is 1. The van der Waals surface area contributed by atoms with Crippen LogP contribution in [0.4, 0.5) is 11.4 Å². The molecule has 1 aliphatic rings. The van der Waals surface area contributed by atoms with Gasteiger partial charge in [0, 0.05) is 29.2 Å². The molecule has 7 heteroatoms. The number of nitro groups is 1. The van der Waals surface area contributed by atoms with Gasteiger partial charge in [-0.05, 0) is 40.8 Å². The van der Waals surface area contributed by atoms with Crippen LogP contribution in [0.5, 0.6) is 0 Å². The molecule has 0 radical (unpaired) electrons. The average Bonchev–Trinajstić information content (AvgIpc) is 3.24. The van der Waals surface area contributed by atoms with Crippen LogP contribution in [0.1, 0.15) is 26.7 Å². The number of hydrogen-bond donors (Lipinski definition) is 1. The molecule has 1 aromatic carbocycles. The number of nitrogens with one attached hydrogen (secondary N) is 1. The molecule has 0 aliphatic heterocycles. The Morgan fingerprint density at radius 1 is 1.50 bits per heavy atom. The van der Waals surface area contributed by atoms with Crippen molar-refractivity contribution in [3.05, 3.63) is 32.8 Å². The van der Waals surface area contributed by atoms with Crippen LogP contribution in [0.3, 0.4) is 0 Å². The number of amides is 1. The number of carbonyl (C=O) groups is 1. The first-order valence-corrected chi connectivity index (χ1v) is 8.14. The molecule has 0 spiro atoms. The summed E-state index contributed by atoms with van der Waals surface area (Å²) in [4.78, 5) is 24.7. The summed E-state index contributed by atoms with van der Waals surface area (Å²) in [5, 5.41) is 13.5. The van der Waals surface area contributed by atoms with Gasteiger partial charge in [0.15, 0.2) is 0 Å². The van der Waals surface area contributed by atoms with Gasteiger partial charge < -0.3 is 5.32 Å². The zero-order chi connectivity index (χ0) is 16.3. The average molecular weight is 370 g/mol. The van der Waals surface area contributed by atoms with Crippen molar-refractivity contribution in [3.8, 4) is 0 Å². The molecule has 1 amide bonds. The Bertz CT molecular complexity index is 573. The first kappa shape index (κ1) is 16.9. The lowest BCUT2D eigenvalue weighted by atomic mass is 10.2. The van der Waals surface area contributed by atoms with Gasteiger partial charge in [-0.2, -0.15) is 0 Å². The molecule has 6 nitrogen and oxygen atoms in total. The highest BCUT2D eigenvalue weighted by atomic mass is 79.9. The highest BCUT2D eigenvalue weighted by molar-refractivity contribution is 9.10. The summed E-state index contributed by atoms with van der Waals surface area (Å²) in [5.74, 6) is 0.418. The minimum absolute atomic E-state index is 0.00992. The molecule has 0 aromatic heterocycles. The van der Waals surface area contributed by atoms with Gasteiger partial charge in [-0.25, -0.2) is 0 Å². The fourth-order valence-corrected chi connectivity index (χ4v) is 2.81. The third kappa shape index (κ3) is 4.78. The summed E-state index contributed by atoms with van der Waals surface area (Å²) < 4.78 is 0.511. The minimum atomic E-state index is -0.464. The van der Waals surface area contributed by atoms with E-state index in [1.807, 2.05) is 0 Å². The fraction of sp³-hybridized carbons (Fsp3) is 0.533. The molecule has 1 N–H and O–H groups in total. The Balaban J connectivity index is 1.97. The van der Waals surface area contributed by atoms with Gasteiger partial charge in [0.05, 0.1) is 17.2 Å². The van der Waals surface area contributed by atoms with E-state index in [2.05, 4.69) is 40.0 Å². The first-order chi connectivity index (χ1) is 10.4. The fourth-order valence-electron chi connectivity index (χ4n) is 2.34. The Kier molecular flexibility index (Phi) is 5.52. The van der Waals surface area contributed by atoms with E-state index >= 15 is 0 Å². The van der Waals surface area contributed by atoms with Crippen molar-refractivity contribution in [2.45, 2.75) is 32.7 Å². The predicted molar refractivity (Wildman–Crippen MR) is 88.9 cm³/mol. The summed E-state index contributed by atoms with van der Waals surface area (Å²) in [6.45, 7) is 5.53. The van der Waals surface area contributed by atoms with E-state index in [0.29, 0.717) is 28.7 Å². The summed E-state index contributed by atoms with van der Waals surface area (Å²) in [6.07, 6.45) is 2.31. The Hall–Kier alpha value is -1.47. The molecule has 1 saturated carbocycles. The van der Waals surface area contributed by atoms with Gasteiger partial charge in [0.2, 0.25) is 5.91 Å². The molecule has 1 aliphatic carbocycles. The van der Waals surface area contributed by atoms with Crippen LogP contribution in [-0.4, -0.2) is 34.9 Å². The van der Waals surface area contributed by atoms with Crippen LogP contribution in [0.2, 0.25) is 0 Å². The van der Waals surface area contributed by atoms with E-state index in [9.17, 15) is 14.9 Å². The second-order valence-electron chi connectivity index (χ2n) is 6.02. The van der Waals surface area contributed by atoms with Crippen molar-refractivity contribution in [1.29, 1.82) is 0 Å². The maximum Gasteiger partial charge on any atom is 0.270 e. The van der Waals surface area contributed by atoms with Crippen molar-refractivity contribution in [2.24, 2.45) is 5.92 Å². The third-order valence-electron chi connectivity index (χ3n) is 3.45. The molecule has 0 atom stereocenters. The molecule has 22 heavy (non-hydrogen) atoms. The van der Waals surface area contributed by atoms with Crippen LogP contribution in [0.15, 0.2) is 22.7 Å². The van der Waals surface area contributed by atoms with Crippen molar-refractivity contribution in [3.63, 3.8) is 0 Å². The molecule has 120 valence electrons. The van der Waals surface area contributed by atoms with E-state index in [4.69, 9.17) is 0 Å². The van der Waals surface area contributed by atoms with E-state index in [0.717, 1.165) is 19.4 Å². The molecule has 0 bridgehead atoms. The predicted octanol–water partition coefficient (Wildman–Crippen LogP) is 3.42. The lowest BCUT2D eigenvalue weighted by Gasteiger charge is -2.23. The lowest BCUT2D eigenvalue weighted by Crippen LogP contribution is -2.37. The SMILES string of the molecule is CC(C)CN(CC(=O)Nc1ccc([N+](=O)[O-])cc1Br)C1CC1. The van der Waals surface area contributed by atoms with Crippen LogP contribution in [-0.2, 0) is 4.79 Å². The highest BCUT2D eigenvalue weighted by Crippen LogP contribution is 2.29. The normalized spacial score (nSPS) is 14.4. The van der Waals surface area contributed by atoms with E-state index in [1.165, 1.54) is 12.1 Å². The van der Waals surface area contributed by atoms with Crippen LogP contribution < -0.4 is 5.32 Å². The number of carbonyl (C=O) groups excluding carboxylic acids is 1. The quantitative estimate of drug-likeness (QED) is 0.590. The number of hydrogen-bond acceptors (Lipinski definition) is 4.